The van der Waals surface area contributed by atoms with Crippen molar-refractivity contribution in [3.8, 4) is 0 Å². The molecule has 1 saturated heterocycles. The highest BCUT2D eigenvalue weighted by atomic mass is 35.5. The van der Waals surface area contributed by atoms with Crippen molar-refractivity contribution in [3.63, 3.8) is 0 Å². The molecule has 1 aliphatic heterocycles. The third-order valence-corrected chi connectivity index (χ3v) is 5.20. The summed E-state index contributed by atoms with van der Waals surface area (Å²) in [6, 6.07) is 8.15. The summed E-state index contributed by atoms with van der Waals surface area (Å²) in [6.45, 7) is 8.21. The number of nitrogens with zero attached hydrogens (tertiary/aromatic N) is 1. The lowest BCUT2D eigenvalue weighted by Crippen LogP contribution is -2.40. The van der Waals surface area contributed by atoms with E-state index >= 15 is 0 Å². The Morgan fingerprint density at radius 2 is 1.87 bits per heavy atom. The van der Waals surface area contributed by atoms with Crippen LogP contribution < -0.4 is 5.32 Å². The molecule has 5 heteroatoms. The van der Waals surface area contributed by atoms with Gasteiger partial charge in [0.05, 0.1) is 0 Å². The van der Waals surface area contributed by atoms with Gasteiger partial charge >= 0.3 is 0 Å². The molecule has 3 nitrogen and oxygen atoms in total. The molecule has 0 bridgehead atoms. The van der Waals surface area contributed by atoms with E-state index in [2.05, 4.69) is 31.3 Å². The second kappa shape index (κ2) is 11.0. The van der Waals surface area contributed by atoms with Crippen molar-refractivity contribution in [3.05, 3.63) is 35.4 Å². The molecule has 1 aromatic carbocycles. The highest BCUT2D eigenvalue weighted by Gasteiger charge is 2.23. The number of piperidine rings is 1. The maximum Gasteiger partial charge on any atom is 0.253 e. The highest BCUT2D eigenvalue weighted by Crippen LogP contribution is 2.19. The lowest BCUT2D eigenvalue weighted by Gasteiger charge is -2.32. The smallest absolute Gasteiger partial charge is 0.253 e. The molecule has 0 spiro atoms. The van der Waals surface area contributed by atoms with Crippen molar-refractivity contribution in [1.29, 1.82) is 0 Å². The van der Waals surface area contributed by atoms with Crippen LogP contribution in [0.3, 0.4) is 0 Å². The summed E-state index contributed by atoms with van der Waals surface area (Å²) in [5, 5.41) is 3.41. The summed E-state index contributed by atoms with van der Waals surface area (Å²) in [7, 11) is 0. The molecule has 0 unspecified atom stereocenters. The molecule has 2 rings (SSSR count). The van der Waals surface area contributed by atoms with Crippen LogP contribution in [0.25, 0.3) is 0 Å². The van der Waals surface area contributed by atoms with E-state index in [1.54, 1.807) is 0 Å². The quantitative estimate of drug-likeness (QED) is 0.806. The Kier molecular flexibility index (Phi) is 9.68. The third-order valence-electron chi connectivity index (χ3n) is 4.26. The summed E-state index contributed by atoms with van der Waals surface area (Å²) in [5.41, 5.74) is 2.13. The van der Waals surface area contributed by atoms with Crippen molar-refractivity contribution >= 4 is 30.1 Å². The second-order valence-electron chi connectivity index (χ2n) is 5.88. The van der Waals surface area contributed by atoms with E-state index in [1.165, 1.54) is 5.56 Å². The van der Waals surface area contributed by atoms with Crippen LogP contribution in [0, 0.1) is 5.92 Å². The minimum atomic E-state index is 0. The van der Waals surface area contributed by atoms with E-state index in [1.807, 2.05) is 28.8 Å². The zero-order valence-electron chi connectivity index (χ0n) is 14.2. The number of carbonyl (C=O) groups excluding carboxylic acids is 1. The van der Waals surface area contributed by atoms with Gasteiger partial charge in [0.25, 0.3) is 5.91 Å². The van der Waals surface area contributed by atoms with Gasteiger partial charge in [-0.2, -0.15) is 11.8 Å². The van der Waals surface area contributed by atoms with Gasteiger partial charge in [0.2, 0.25) is 0 Å². The molecule has 1 aliphatic rings. The van der Waals surface area contributed by atoms with Crippen LogP contribution in [-0.4, -0.2) is 42.7 Å². The number of thioether (sulfide) groups is 1. The van der Waals surface area contributed by atoms with E-state index in [-0.39, 0.29) is 18.3 Å². The summed E-state index contributed by atoms with van der Waals surface area (Å²) in [5.74, 6) is 3.07. The zero-order chi connectivity index (χ0) is 15.8. The van der Waals surface area contributed by atoms with E-state index < -0.39 is 0 Å². The molecule has 1 aromatic rings. The SMILES string of the molecule is CCNCC1CCN(C(=O)c2ccc(CSCC)cc2)CC1.Cl. The number of hydrogen-bond acceptors (Lipinski definition) is 3. The lowest BCUT2D eigenvalue weighted by molar-refractivity contribution is 0.0690. The predicted molar refractivity (Wildman–Crippen MR) is 103 cm³/mol. The van der Waals surface area contributed by atoms with Crippen molar-refractivity contribution in [2.75, 3.05) is 31.9 Å². The van der Waals surface area contributed by atoms with E-state index in [9.17, 15) is 4.79 Å². The molecule has 130 valence electrons. The summed E-state index contributed by atoms with van der Waals surface area (Å²) in [4.78, 5) is 14.6. The maximum atomic E-state index is 12.6. The molecule has 0 aromatic heterocycles. The monoisotopic (exact) mass is 356 g/mol. The third kappa shape index (κ3) is 6.36. The van der Waals surface area contributed by atoms with Gasteiger partial charge in [-0.1, -0.05) is 26.0 Å². The maximum absolute atomic E-state index is 12.6. The normalized spacial score (nSPS) is 15.3. The molecule has 0 radical (unpaired) electrons. The first-order chi connectivity index (χ1) is 10.7. The fourth-order valence-corrected chi connectivity index (χ4v) is 3.47. The first-order valence-electron chi connectivity index (χ1n) is 8.41. The Balaban J connectivity index is 0.00000264. The van der Waals surface area contributed by atoms with Crippen LogP contribution in [0.4, 0.5) is 0 Å². The number of halogens is 1. The fraction of sp³-hybridized carbons (Fsp3) is 0.611. The van der Waals surface area contributed by atoms with Gasteiger partial charge < -0.3 is 10.2 Å². The number of benzene rings is 1. The van der Waals surface area contributed by atoms with Crippen LogP contribution in [0.1, 0.15) is 42.6 Å². The number of carbonyl (C=O) groups is 1. The molecule has 0 saturated carbocycles. The second-order valence-corrected chi connectivity index (χ2v) is 7.15. The van der Waals surface area contributed by atoms with Crippen LogP contribution in [0.15, 0.2) is 24.3 Å². The summed E-state index contributed by atoms with van der Waals surface area (Å²) < 4.78 is 0. The predicted octanol–water partition coefficient (Wildman–Crippen LogP) is 3.82. The molecular formula is C18H29ClN2OS. The number of amides is 1. The number of hydrogen-bond donors (Lipinski definition) is 1. The fourth-order valence-electron chi connectivity index (χ4n) is 2.83. The van der Waals surface area contributed by atoms with Crippen LogP contribution in [-0.2, 0) is 5.75 Å². The summed E-state index contributed by atoms with van der Waals surface area (Å²) in [6.07, 6.45) is 2.23. The zero-order valence-corrected chi connectivity index (χ0v) is 15.8. The van der Waals surface area contributed by atoms with Crippen LogP contribution in [0.2, 0.25) is 0 Å². The van der Waals surface area contributed by atoms with Crippen molar-refractivity contribution < 1.29 is 4.79 Å². The van der Waals surface area contributed by atoms with Crippen LogP contribution >= 0.6 is 24.2 Å². The molecule has 0 aliphatic carbocycles. The van der Waals surface area contributed by atoms with E-state index in [0.717, 1.165) is 62.0 Å². The van der Waals surface area contributed by atoms with Gasteiger partial charge in [0.15, 0.2) is 0 Å². The van der Waals surface area contributed by atoms with Gasteiger partial charge in [0.1, 0.15) is 0 Å². The number of rotatable bonds is 7. The average molecular weight is 357 g/mol. The van der Waals surface area contributed by atoms with E-state index in [4.69, 9.17) is 0 Å². The van der Waals surface area contributed by atoms with Crippen molar-refractivity contribution in [2.45, 2.75) is 32.4 Å². The minimum Gasteiger partial charge on any atom is -0.339 e. The molecule has 1 amide bonds. The summed E-state index contributed by atoms with van der Waals surface area (Å²) >= 11 is 1.91. The first kappa shape index (κ1) is 20.3. The Bertz CT molecular complexity index is 459. The Morgan fingerprint density at radius 1 is 1.22 bits per heavy atom. The lowest BCUT2D eigenvalue weighted by atomic mass is 9.96. The van der Waals surface area contributed by atoms with Crippen molar-refractivity contribution in [1.82, 2.24) is 10.2 Å². The van der Waals surface area contributed by atoms with Crippen LogP contribution in [0.5, 0.6) is 0 Å². The molecule has 0 atom stereocenters. The topological polar surface area (TPSA) is 32.3 Å². The number of likely N-dealkylation sites (tertiary alicyclic amines) is 1. The Labute approximate surface area is 151 Å². The number of nitrogens with one attached hydrogen (secondary N) is 1. The average Bonchev–Trinajstić information content (AvgIpc) is 2.58. The Morgan fingerprint density at radius 3 is 2.43 bits per heavy atom. The standard InChI is InChI=1S/C18H28N2OS.ClH/c1-3-19-13-15-9-11-20(12-10-15)18(21)17-7-5-16(6-8-17)14-22-4-2;/h5-8,15,19H,3-4,9-14H2,1-2H3;1H. The minimum absolute atomic E-state index is 0. The van der Waals surface area contributed by atoms with Gasteiger partial charge in [-0.15, -0.1) is 12.4 Å². The first-order valence-corrected chi connectivity index (χ1v) is 9.56. The van der Waals surface area contributed by atoms with Gasteiger partial charge in [-0.05, 0) is 55.3 Å². The molecular weight excluding hydrogens is 328 g/mol. The molecule has 1 fully saturated rings. The molecule has 1 heterocycles. The Hall–Kier alpha value is -0.710. The highest BCUT2D eigenvalue weighted by molar-refractivity contribution is 7.98. The van der Waals surface area contributed by atoms with Gasteiger partial charge in [-0.25, -0.2) is 0 Å². The van der Waals surface area contributed by atoms with Crippen molar-refractivity contribution in [2.24, 2.45) is 5.92 Å². The van der Waals surface area contributed by atoms with Gasteiger partial charge in [-0.3, -0.25) is 4.79 Å². The molecule has 1 N–H and O–H groups in total. The molecule has 23 heavy (non-hydrogen) atoms. The largest absolute Gasteiger partial charge is 0.339 e. The van der Waals surface area contributed by atoms with Gasteiger partial charge in [0, 0.05) is 24.4 Å². The van der Waals surface area contributed by atoms with E-state index in [0.29, 0.717) is 0 Å².